The standard InChI is InChI=1S/C15H13Cl3N2O/c1-8(12-6-9(16)2-5-13(12)17)20-10-3-4-11(15(19)21)14(18)7-10/h2-8,20H,1H3,(H2,19,21). The molecule has 0 aliphatic rings. The van der Waals surface area contributed by atoms with Crippen LogP contribution in [0.3, 0.4) is 0 Å². The predicted molar refractivity (Wildman–Crippen MR) is 88.5 cm³/mol. The molecule has 21 heavy (non-hydrogen) atoms. The predicted octanol–water partition coefficient (Wildman–Crippen LogP) is 4.92. The molecule has 0 bridgehead atoms. The van der Waals surface area contributed by atoms with E-state index in [0.717, 1.165) is 11.3 Å². The van der Waals surface area contributed by atoms with Crippen LogP contribution in [0.25, 0.3) is 0 Å². The van der Waals surface area contributed by atoms with Gasteiger partial charge in [0.05, 0.1) is 16.6 Å². The Labute approximate surface area is 138 Å². The quantitative estimate of drug-likeness (QED) is 0.828. The van der Waals surface area contributed by atoms with Crippen LogP contribution in [0, 0.1) is 0 Å². The molecule has 3 nitrogen and oxygen atoms in total. The fourth-order valence-corrected chi connectivity index (χ4v) is 2.71. The molecule has 1 atom stereocenters. The lowest BCUT2D eigenvalue weighted by molar-refractivity contribution is 0.100. The molecule has 2 rings (SSSR count). The summed E-state index contributed by atoms with van der Waals surface area (Å²) in [5.74, 6) is -0.558. The number of carbonyl (C=O) groups is 1. The molecule has 0 radical (unpaired) electrons. The van der Waals surface area contributed by atoms with Gasteiger partial charge in [0.15, 0.2) is 0 Å². The van der Waals surface area contributed by atoms with Crippen molar-refractivity contribution in [2.24, 2.45) is 5.73 Å². The molecule has 0 aliphatic heterocycles. The van der Waals surface area contributed by atoms with Crippen molar-refractivity contribution >= 4 is 46.4 Å². The maximum absolute atomic E-state index is 11.1. The van der Waals surface area contributed by atoms with Crippen molar-refractivity contribution in [3.63, 3.8) is 0 Å². The van der Waals surface area contributed by atoms with Crippen LogP contribution in [0.4, 0.5) is 5.69 Å². The van der Waals surface area contributed by atoms with Crippen molar-refractivity contribution in [3.05, 3.63) is 62.6 Å². The fourth-order valence-electron chi connectivity index (χ4n) is 1.98. The molecule has 0 spiro atoms. The average Bonchev–Trinajstić information content (AvgIpc) is 2.41. The van der Waals surface area contributed by atoms with Crippen LogP contribution >= 0.6 is 34.8 Å². The molecule has 0 aromatic heterocycles. The van der Waals surface area contributed by atoms with Gasteiger partial charge in [0.2, 0.25) is 5.91 Å². The minimum absolute atomic E-state index is 0.0771. The Morgan fingerprint density at radius 2 is 1.81 bits per heavy atom. The zero-order chi connectivity index (χ0) is 15.6. The summed E-state index contributed by atoms with van der Waals surface area (Å²) in [6.07, 6.45) is 0. The number of hydrogen-bond donors (Lipinski definition) is 2. The number of hydrogen-bond acceptors (Lipinski definition) is 2. The molecular formula is C15H13Cl3N2O. The average molecular weight is 344 g/mol. The molecule has 0 fully saturated rings. The van der Waals surface area contributed by atoms with Crippen LogP contribution in [0.15, 0.2) is 36.4 Å². The third-order valence-corrected chi connectivity index (χ3v) is 3.93. The molecular weight excluding hydrogens is 331 g/mol. The minimum atomic E-state index is -0.558. The molecule has 0 saturated carbocycles. The number of nitrogens with two attached hydrogens (primary N) is 1. The number of halogens is 3. The molecule has 0 saturated heterocycles. The van der Waals surface area contributed by atoms with Crippen LogP contribution in [-0.2, 0) is 0 Å². The number of primary amides is 1. The first-order chi connectivity index (χ1) is 9.88. The van der Waals surface area contributed by atoms with Crippen molar-refractivity contribution in [2.45, 2.75) is 13.0 Å². The van der Waals surface area contributed by atoms with Gasteiger partial charge in [-0.05, 0) is 48.9 Å². The Bertz CT molecular complexity index is 689. The van der Waals surface area contributed by atoms with Crippen molar-refractivity contribution in [1.29, 1.82) is 0 Å². The van der Waals surface area contributed by atoms with Gasteiger partial charge in [0.25, 0.3) is 0 Å². The summed E-state index contributed by atoms with van der Waals surface area (Å²) < 4.78 is 0. The SMILES string of the molecule is CC(Nc1ccc(C(N)=O)c(Cl)c1)c1cc(Cl)ccc1Cl. The smallest absolute Gasteiger partial charge is 0.250 e. The fraction of sp³-hybridized carbons (Fsp3) is 0.133. The summed E-state index contributed by atoms with van der Waals surface area (Å²) in [4.78, 5) is 11.1. The zero-order valence-electron chi connectivity index (χ0n) is 11.2. The van der Waals surface area contributed by atoms with E-state index >= 15 is 0 Å². The van der Waals surface area contributed by atoms with Crippen LogP contribution in [0.1, 0.15) is 28.9 Å². The summed E-state index contributed by atoms with van der Waals surface area (Å²) >= 11 is 18.2. The second-order valence-corrected chi connectivity index (χ2v) is 5.84. The van der Waals surface area contributed by atoms with E-state index < -0.39 is 5.91 Å². The Morgan fingerprint density at radius 3 is 2.43 bits per heavy atom. The number of carbonyl (C=O) groups excluding carboxylic acids is 1. The van der Waals surface area contributed by atoms with Gasteiger partial charge in [0, 0.05) is 15.7 Å². The molecule has 3 N–H and O–H groups in total. The molecule has 0 heterocycles. The number of amides is 1. The molecule has 2 aromatic rings. The van der Waals surface area contributed by atoms with Crippen molar-refractivity contribution in [2.75, 3.05) is 5.32 Å². The van der Waals surface area contributed by atoms with E-state index in [1.54, 1.807) is 36.4 Å². The van der Waals surface area contributed by atoms with Gasteiger partial charge in [-0.25, -0.2) is 0 Å². The van der Waals surface area contributed by atoms with E-state index in [1.807, 2.05) is 6.92 Å². The van der Waals surface area contributed by atoms with Crippen LogP contribution in [0.2, 0.25) is 15.1 Å². The highest BCUT2D eigenvalue weighted by atomic mass is 35.5. The minimum Gasteiger partial charge on any atom is -0.378 e. The van der Waals surface area contributed by atoms with Gasteiger partial charge >= 0.3 is 0 Å². The normalized spacial score (nSPS) is 12.0. The van der Waals surface area contributed by atoms with Crippen LogP contribution < -0.4 is 11.1 Å². The third kappa shape index (κ3) is 3.82. The molecule has 2 aromatic carbocycles. The summed E-state index contributed by atoms with van der Waals surface area (Å²) in [5, 5.41) is 4.80. The molecule has 6 heteroatoms. The number of benzene rings is 2. The zero-order valence-corrected chi connectivity index (χ0v) is 13.4. The molecule has 0 aliphatic carbocycles. The van der Waals surface area contributed by atoms with E-state index in [9.17, 15) is 4.79 Å². The first-order valence-electron chi connectivity index (χ1n) is 6.19. The lowest BCUT2D eigenvalue weighted by Gasteiger charge is -2.18. The van der Waals surface area contributed by atoms with Gasteiger partial charge in [-0.1, -0.05) is 34.8 Å². The first kappa shape index (κ1) is 16.0. The second-order valence-electron chi connectivity index (χ2n) is 4.59. The van der Waals surface area contributed by atoms with Gasteiger partial charge in [-0.2, -0.15) is 0 Å². The summed E-state index contributed by atoms with van der Waals surface area (Å²) in [5.41, 5.74) is 7.14. The van der Waals surface area contributed by atoms with Gasteiger partial charge in [-0.3, -0.25) is 4.79 Å². The Balaban J connectivity index is 2.23. The lowest BCUT2D eigenvalue weighted by Crippen LogP contribution is -2.12. The number of nitrogens with one attached hydrogen (secondary N) is 1. The highest BCUT2D eigenvalue weighted by Gasteiger charge is 2.12. The van der Waals surface area contributed by atoms with Crippen LogP contribution in [-0.4, -0.2) is 5.91 Å². The van der Waals surface area contributed by atoms with E-state index in [1.165, 1.54) is 0 Å². The largest absolute Gasteiger partial charge is 0.378 e. The van der Waals surface area contributed by atoms with Crippen molar-refractivity contribution in [1.82, 2.24) is 0 Å². The van der Waals surface area contributed by atoms with E-state index in [2.05, 4.69) is 5.32 Å². The van der Waals surface area contributed by atoms with E-state index in [0.29, 0.717) is 15.1 Å². The Morgan fingerprint density at radius 1 is 1.10 bits per heavy atom. The van der Waals surface area contributed by atoms with Gasteiger partial charge in [-0.15, -0.1) is 0 Å². The molecule has 1 amide bonds. The molecule has 1 unspecified atom stereocenters. The van der Waals surface area contributed by atoms with Gasteiger partial charge < -0.3 is 11.1 Å². The summed E-state index contributed by atoms with van der Waals surface area (Å²) in [6.45, 7) is 1.95. The topological polar surface area (TPSA) is 55.1 Å². The van der Waals surface area contributed by atoms with Crippen LogP contribution in [0.5, 0.6) is 0 Å². The second kappa shape index (κ2) is 6.56. The molecule has 110 valence electrons. The summed E-state index contributed by atoms with van der Waals surface area (Å²) in [6, 6.07) is 10.2. The van der Waals surface area contributed by atoms with Crippen molar-refractivity contribution < 1.29 is 4.79 Å². The van der Waals surface area contributed by atoms with E-state index in [4.69, 9.17) is 40.5 Å². The Hall–Kier alpha value is -1.42. The highest BCUT2D eigenvalue weighted by Crippen LogP contribution is 2.29. The van der Waals surface area contributed by atoms with Gasteiger partial charge in [0.1, 0.15) is 0 Å². The number of rotatable bonds is 4. The number of anilines is 1. The monoisotopic (exact) mass is 342 g/mol. The van der Waals surface area contributed by atoms with E-state index in [-0.39, 0.29) is 11.6 Å². The highest BCUT2D eigenvalue weighted by molar-refractivity contribution is 6.34. The first-order valence-corrected chi connectivity index (χ1v) is 7.32. The Kier molecular flexibility index (Phi) is 4.99. The maximum Gasteiger partial charge on any atom is 0.250 e. The lowest BCUT2D eigenvalue weighted by atomic mass is 10.1. The third-order valence-electron chi connectivity index (χ3n) is 3.04. The maximum atomic E-state index is 11.1. The van der Waals surface area contributed by atoms with Crippen molar-refractivity contribution in [3.8, 4) is 0 Å². The summed E-state index contributed by atoms with van der Waals surface area (Å²) in [7, 11) is 0.